The van der Waals surface area contributed by atoms with E-state index in [2.05, 4.69) is 254 Å². The van der Waals surface area contributed by atoms with E-state index in [1.165, 1.54) is 78.1 Å². The Labute approximate surface area is 390 Å². The first-order chi connectivity index (χ1) is 33.0. The highest BCUT2D eigenvalue weighted by atomic mass is 16.3. The number of fused-ring (bicyclic) bond motifs is 11. The number of furan rings is 1. The highest BCUT2D eigenvalue weighted by molar-refractivity contribution is 6.11. The Bertz CT molecular complexity index is 3790. The number of para-hydroxylation sites is 4. The van der Waals surface area contributed by atoms with Crippen LogP contribution in [0.3, 0.4) is 0 Å². The SMILES string of the molecule is CC1(C)c2ccccc2-c2ccc(N(c3ccc4c(c3)C3(c5ccccc5)c5ccccc5N(c5ccccc5)c5c(-c6ccccc6)ccc-4c53)c3cccc4c3oc3ccccc34)cc21. The molecule has 2 heterocycles. The normalized spacial score (nSPS) is 15.8. The van der Waals surface area contributed by atoms with Crippen molar-refractivity contribution in [2.75, 3.05) is 9.80 Å². The maximum absolute atomic E-state index is 6.90. The van der Waals surface area contributed by atoms with E-state index in [0.717, 1.165) is 44.7 Å². The van der Waals surface area contributed by atoms with Crippen LogP contribution >= 0.6 is 0 Å². The van der Waals surface area contributed by atoms with Gasteiger partial charge in [0.1, 0.15) is 5.58 Å². The van der Waals surface area contributed by atoms with E-state index >= 15 is 0 Å². The van der Waals surface area contributed by atoms with Crippen LogP contribution in [0.25, 0.3) is 55.3 Å². The predicted octanol–water partition coefficient (Wildman–Crippen LogP) is 17.2. The molecule has 0 spiro atoms. The average molecular weight is 857 g/mol. The molecule has 0 radical (unpaired) electrons. The number of nitrogens with zero attached hydrogens (tertiary/aromatic N) is 2. The standard InChI is InChI=1S/C64H44N2O/c1-63(2)53-28-14-12-25-47(53)48-35-33-44(39-55(48)63)65(58-31-18-27-52-50-26-13-17-32-59(50)67-62(52)58)45-34-36-49-51-38-37-46(41-19-6-3-7-20-41)61-60(51)64(56(49)40-45,42-21-8-4-9-22-42)54-29-15-16-30-57(54)66(61)43-23-10-5-11-24-43/h3-40H,1-2H3. The lowest BCUT2D eigenvalue weighted by Gasteiger charge is -2.45. The van der Waals surface area contributed by atoms with Crippen LogP contribution in [0.2, 0.25) is 0 Å². The van der Waals surface area contributed by atoms with E-state index in [0.29, 0.717) is 0 Å². The van der Waals surface area contributed by atoms with Gasteiger partial charge in [0.15, 0.2) is 5.58 Å². The zero-order valence-corrected chi connectivity index (χ0v) is 37.2. The molecule has 0 N–H and O–H groups in total. The molecular weight excluding hydrogens is 813 g/mol. The first kappa shape index (κ1) is 37.9. The minimum atomic E-state index is -0.664. The lowest BCUT2D eigenvalue weighted by atomic mass is 9.64. The van der Waals surface area contributed by atoms with Gasteiger partial charge in [0.05, 0.1) is 22.5 Å². The summed E-state index contributed by atoms with van der Waals surface area (Å²) in [4.78, 5) is 4.97. The predicted molar refractivity (Wildman–Crippen MR) is 277 cm³/mol. The fourth-order valence-corrected chi connectivity index (χ4v) is 12.2. The largest absolute Gasteiger partial charge is 0.454 e. The van der Waals surface area contributed by atoms with Gasteiger partial charge < -0.3 is 14.2 Å². The summed E-state index contributed by atoms with van der Waals surface area (Å²) in [5, 5.41) is 2.21. The highest BCUT2D eigenvalue weighted by Crippen LogP contribution is 2.67. The molecule has 3 heteroatoms. The summed E-state index contributed by atoms with van der Waals surface area (Å²) in [6.45, 7) is 4.73. The third-order valence-electron chi connectivity index (χ3n) is 15.0. The van der Waals surface area contributed by atoms with Crippen LogP contribution in [0.15, 0.2) is 235 Å². The van der Waals surface area contributed by atoms with Gasteiger partial charge in [0, 0.05) is 44.4 Å². The van der Waals surface area contributed by atoms with Crippen molar-refractivity contribution in [3.63, 3.8) is 0 Å². The number of rotatable bonds is 6. The van der Waals surface area contributed by atoms with Crippen LogP contribution in [-0.4, -0.2) is 0 Å². The minimum absolute atomic E-state index is 0.181. The van der Waals surface area contributed by atoms with Crippen LogP contribution < -0.4 is 9.80 Å². The first-order valence-corrected chi connectivity index (χ1v) is 23.3. The molecule has 67 heavy (non-hydrogen) atoms. The molecular formula is C64H44N2O. The number of hydrogen-bond donors (Lipinski definition) is 0. The van der Waals surface area contributed by atoms with E-state index < -0.39 is 5.41 Å². The Hall–Kier alpha value is -8.40. The van der Waals surface area contributed by atoms with Gasteiger partial charge in [-0.2, -0.15) is 0 Å². The Balaban J connectivity index is 1.08. The van der Waals surface area contributed by atoms with Gasteiger partial charge in [0.25, 0.3) is 0 Å². The highest BCUT2D eigenvalue weighted by Gasteiger charge is 2.53. The van der Waals surface area contributed by atoms with E-state index in [1.54, 1.807) is 0 Å². The molecule has 0 bridgehead atoms. The smallest absolute Gasteiger partial charge is 0.159 e. The fraction of sp³-hybridized carbons (Fsp3) is 0.0625. The Morgan fingerprint density at radius 3 is 1.81 bits per heavy atom. The molecule has 3 nitrogen and oxygen atoms in total. The topological polar surface area (TPSA) is 19.6 Å². The monoisotopic (exact) mass is 856 g/mol. The molecule has 1 aliphatic heterocycles. The number of hydrogen-bond acceptors (Lipinski definition) is 3. The van der Waals surface area contributed by atoms with Crippen LogP contribution in [-0.2, 0) is 10.8 Å². The maximum atomic E-state index is 6.90. The molecule has 0 fully saturated rings. The summed E-state index contributed by atoms with van der Waals surface area (Å²) in [7, 11) is 0. The molecule has 10 aromatic carbocycles. The quantitative estimate of drug-likeness (QED) is 0.166. The van der Waals surface area contributed by atoms with Crippen molar-refractivity contribution in [2.45, 2.75) is 24.7 Å². The fourth-order valence-electron chi connectivity index (χ4n) is 12.2. The second kappa shape index (κ2) is 14.1. The molecule has 0 saturated heterocycles. The van der Waals surface area contributed by atoms with Gasteiger partial charge >= 0.3 is 0 Å². The molecule has 2 aliphatic carbocycles. The van der Waals surface area contributed by atoms with Gasteiger partial charge in [-0.1, -0.05) is 190 Å². The van der Waals surface area contributed by atoms with Gasteiger partial charge in [-0.3, -0.25) is 0 Å². The van der Waals surface area contributed by atoms with Crippen molar-refractivity contribution >= 4 is 56.1 Å². The minimum Gasteiger partial charge on any atom is -0.454 e. The van der Waals surface area contributed by atoms with Crippen molar-refractivity contribution < 1.29 is 4.42 Å². The van der Waals surface area contributed by atoms with Crippen LogP contribution in [0, 0.1) is 0 Å². The Morgan fingerprint density at radius 2 is 1.01 bits per heavy atom. The molecule has 1 unspecified atom stereocenters. The second-order valence-electron chi connectivity index (χ2n) is 18.8. The number of anilines is 6. The maximum Gasteiger partial charge on any atom is 0.159 e. The second-order valence-corrected chi connectivity index (χ2v) is 18.8. The summed E-state index contributed by atoms with van der Waals surface area (Å²) in [5.41, 5.74) is 22.8. The van der Waals surface area contributed by atoms with Crippen LogP contribution in [0.5, 0.6) is 0 Å². The molecule has 3 aliphatic rings. The van der Waals surface area contributed by atoms with Crippen molar-refractivity contribution in [2.24, 2.45) is 0 Å². The third-order valence-corrected chi connectivity index (χ3v) is 15.0. The Kier molecular flexibility index (Phi) is 7.95. The third kappa shape index (κ3) is 5.17. The summed E-state index contributed by atoms with van der Waals surface area (Å²) >= 11 is 0. The molecule has 0 saturated carbocycles. The van der Waals surface area contributed by atoms with Crippen molar-refractivity contribution in [1.82, 2.24) is 0 Å². The van der Waals surface area contributed by atoms with E-state index in [1.807, 2.05) is 0 Å². The van der Waals surface area contributed by atoms with Crippen molar-refractivity contribution in [3.8, 4) is 33.4 Å². The van der Waals surface area contributed by atoms with Crippen molar-refractivity contribution in [1.29, 1.82) is 0 Å². The van der Waals surface area contributed by atoms with Crippen LogP contribution in [0.4, 0.5) is 34.1 Å². The lowest BCUT2D eigenvalue weighted by Crippen LogP contribution is -2.36. The van der Waals surface area contributed by atoms with Crippen LogP contribution in [0.1, 0.15) is 47.2 Å². The van der Waals surface area contributed by atoms with E-state index in [9.17, 15) is 0 Å². The summed E-state index contributed by atoms with van der Waals surface area (Å²) in [6, 6.07) is 85.1. The molecule has 1 atom stereocenters. The van der Waals surface area contributed by atoms with Crippen molar-refractivity contribution in [3.05, 3.63) is 264 Å². The Morgan fingerprint density at radius 1 is 0.433 bits per heavy atom. The first-order valence-electron chi connectivity index (χ1n) is 23.3. The van der Waals surface area contributed by atoms with Gasteiger partial charge in [-0.25, -0.2) is 0 Å². The zero-order valence-electron chi connectivity index (χ0n) is 37.2. The van der Waals surface area contributed by atoms with E-state index in [-0.39, 0.29) is 5.41 Å². The molecule has 11 aromatic rings. The summed E-state index contributed by atoms with van der Waals surface area (Å²) < 4.78 is 6.90. The molecule has 1 aromatic heterocycles. The molecule has 0 amide bonds. The number of benzene rings is 10. The summed E-state index contributed by atoms with van der Waals surface area (Å²) in [6.07, 6.45) is 0. The van der Waals surface area contributed by atoms with E-state index in [4.69, 9.17) is 4.42 Å². The average Bonchev–Trinajstić information content (AvgIpc) is 3.99. The van der Waals surface area contributed by atoms with Gasteiger partial charge in [-0.05, 0) is 110 Å². The van der Waals surface area contributed by atoms with Gasteiger partial charge in [0.2, 0.25) is 0 Å². The lowest BCUT2D eigenvalue weighted by molar-refractivity contribution is 0.660. The molecule has 14 rings (SSSR count). The molecule has 316 valence electrons. The summed E-state index contributed by atoms with van der Waals surface area (Å²) in [5.74, 6) is 0. The van der Waals surface area contributed by atoms with Gasteiger partial charge in [-0.15, -0.1) is 0 Å². The zero-order chi connectivity index (χ0) is 44.4.